The maximum absolute atomic E-state index is 13.5. The fourth-order valence-electron chi connectivity index (χ4n) is 4.57. The normalized spacial score (nSPS) is 15.0. The second kappa shape index (κ2) is 8.51. The van der Waals surface area contributed by atoms with Crippen molar-refractivity contribution in [1.82, 2.24) is 0 Å². The van der Waals surface area contributed by atoms with Gasteiger partial charge in [-0.25, -0.2) is 0 Å². The molecule has 4 aromatic rings. The molecule has 1 unspecified atom stereocenters. The molecule has 1 aliphatic rings. The van der Waals surface area contributed by atoms with Crippen LogP contribution >= 0.6 is 0 Å². The highest BCUT2D eigenvalue weighted by Gasteiger charge is 2.29. The summed E-state index contributed by atoms with van der Waals surface area (Å²) in [5.41, 5.74) is 4.19. The molecule has 166 valence electrons. The Balaban J connectivity index is 1.74. The predicted octanol–water partition coefficient (Wildman–Crippen LogP) is 5.70. The van der Waals surface area contributed by atoms with Gasteiger partial charge in [0.05, 0.1) is 26.9 Å². The van der Waals surface area contributed by atoms with Gasteiger partial charge in [0, 0.05) is 12.3 Å². The molecule has 0 saturated heterocycles. The van der Waals surface area contributed by atoms with Crippen LogP contribution in [0.15, 0.2) is 75.9 Å². The summed E-state index contributed by atoms with van der Waals surface area (Å²) < 4.78 is 22.7. The third-order valence-electron chi connectivity index (χ3n) is 6.20. The first-order chi connectivity index (χ1) is 16.1. The van der Waals surface area contributed by atoms with E-state index in [1.165, 1.54) is 0 Å². The SMILES string of the molecule is COc1ccc(C2Cc3oc4cccc(OC)c4c(=O)c3C=C2c2ccccc2)cc1OC. The van der Waals surface area contributed by atoms with Crippen LogP contribution in [-0.4, -0.2) is 21.3 Å². The number of benzene rings is 3. The summed E-state index contributed by atoms with van der Waals surface area (Å²) in [6.07, 6.45) is 2.52. The van der Waals surface area contributed by atoms with E-state index < -0.39 is 0 Å². The van der Waals surface area contributed by atoms with Crippen molar-refractivity contribution in [1.29, 1.82) is 0 Å². The van der Waals surface area contributed by atoms with Crippen LogP contribution in [0.25, 0.3) is 22.6 Å². The monoisotopic (exact) mass is 440 g/mol. The minimum Gasteiger partial charge on any atom is -0.496 e. The van der Waals surface area contributed by atoms with Crippen molar-refractivity contribution in [3.63, 3.8) is 0 Å². The lowest BCUT2D eigenvalue weighted by atomic mass is 9.78. The second-order valence-electron chi connectivity index (χ2n) is 7.94. The quantitative estimate of drug-likeness (QED) is 0.398. The molecule has 0 fully saturated rings. The van der Waals surface area contributed by atoms with E-state index in [1.807, 2.05) is 48.5 Å². The highest BCUT2D eigenvalue weighted by molar-refractivity contribution is 5.92. The van der Waals surface area contributed by atoms with E-state index in [-0.39, 0.29) is 11.3 Å². The maximum Gasteiger partial charge on any atom is 0.203 e. The number of allylic oxidation sites excluding steroid dienone is 1. The van der Waals surface area contributed by atoms with Gasteiger partial charge in [0.1, 0.15) is 22.5 Å². The maximum atomic E-state index is 13.5. The first-order valence-corrected chi connectivity index (χ1v) is 10.8. The van der Waals surface area contributed by atoms with Crippen LogP contribution in [0.2, 0.25) is 0 Å². The Labute approximate surface area is 191 Å². The summed E-state index contributed by atoms with van der Waals surface area (Å²) in [7, 11) is 4.81. The van der Waals surface area contributed by atoms with E-state index >= 15 is 0 Å². The van der Waals surface area contributed by atoms with Crippen molar-refractivity contribution in [2.24, 2.45) is 0 Å². The molecule has 0 N–H and O–H groups in total. The Hall–Kier alpha value is -3.99. The van der Waals surface area contributed by atoms with Gasteiger partial charge in [-0.15, -0.1) is 0 Å². The number of hydrogen-bond acceptors (Lipinski definition) is 5. The molecule has 0 aliphatic heterocycles. The highest BCUT2D eigenvalue weighted by Crippen LogP contribution is 2.43. The largest absolute Gasteiger partial charge is 0.496 e. The highest BCUT2D eigenvalue weighted by atomic mass is 16.5. The third kappa shape index (κ3) is 3.55. The minimum absolute atomic E-state index is 0.0223. The topological polar surface area (TPSA) is 57.9 Å². The van der Waals surface area contributed by atoms with Gasteiger partial charge in [0.2, 0.25) is 5.43 Å². The number of ether oxygens (including phenoxy) is 3. The van der Waals surface area contributed by atoms with Crippen molar-refractivity contribution in [3.8, 4) is 17.2 Å². The number of hydrogen-bond donors (Lipinski definition) is 0. The molecule has 33 heavy (non-hydrogen) atoms. The molecule has 5 nitrogen and oxygen atoms in total. The molecule has 0 saturated carbocycles. The predicted molar refractivity (Wildman–Crippen MR) is 129 cm³/mol. The van der Waals surface area contributed by atoms with Gasteiger partial charge >= 0.3 is 0 Å². The molecule has 0 amide bonds. The van der Waals surface area contributed by atoms with Gasteiger partial charge in [-0.2, -0.15) is 0 Å². The van der Waals surface area contributed by atoms with E-state index in [0.29, 0.717) is 46.0 Å². The molecule has 3 aromatic carbocycles. The molecule has 1 heterocycles. The number of fused-ring (bicyclic) bond motifs is 2. The zero-order valence-corrected chi connectivity index (χ0v) is 18.8. The Morgan fingerprint density at radius 1 is 0.818 bits per heavy atom. The number of rotatable bonds is 5. The van der Waals surface area contributed by atoms with Crippen molar-refractivity contribution in [3.05, 3.63) is 99.4 Å². The molecule has 0 spiro atoms. The standard InChI is InChI=1S/C28H24O5/c1-30-22-13-12-18(14-26(22)32-3)20-16-25-21(15-19(20)17-8-5-4-6-9-17)28(29)27-23(31-2)10-7-11-24(27)33-25/h4-15,20H,16H2,1-3H3. The third-order valence-corrected chi connectivity index (χ3v) is 6.20. The average Bonchev–Trinajstić information content (AvgIpc) is 2.87. The van der Waals surface area contributed by atoms with Crippen LogP contribution < -0.4 is 19.6 Å². The van der Waals surface area contributed by atoms with Crippen molar-refractivity contribution >= 4 is 22.6 Å². The fourth-order valence-corrected chi connectivity index (χ4v) is 4.57. The fraction of sp³-hybridized carbons (Fsp3) is 0.179. The molecule has 1 aliphatic carbocycles. The molecule has 0 radical (unpaired) electrons. The van der Waals surface area contributed by atoms with Gasteiger partial charge in [-0.3, -0.25) is 4.79 Å². The molecule has 5 rings (SSSR count). The zero-order valence-electron chi connectivity index (χ0n) is 18.8. The van der Waals surface area contributed by atoms with Crippen LogP contribution in [0, 0.1) is 0 Å². The van der Waals surface area contributed by atoms with Gasteiger partial charge in [0.15, 0.2) is 11.5 Å². The van der Waals surface area contributed by atoms with E-state index in [9.17, 15) is 4.79 Å². The summed E-state index contributed by atoms with van der Waals surface area (Å²) >= 11 is 0. The van der Waals surface area contributed by atoms with E-state index in [0.717, 1.165) is 16.7 Å². The van der Waals surface area contributed by atoms with Crippen LogP contribution in [0.4, 0.5) is 0 Å². The minimum atomic E-state index is -0.0807. The first-order valence-electron chi connectivity index (χ1n) is 10.8. The van der Waals surface area contributed by atoms with Gasteiger partial charge in [0.25, 0.3) is 0 Å². The van der Waals surface area contributed by atoms with Crippen molar-refractivity contribution < 1.29 is 18.6 Å². The molecular formula is C28H24O5. The van der Waals surface area contributed by atoms with Crippen LogP contribution in [-0.2, 0) is 6.42 Å². The van der Waals surface area contributed by atoms with Gasteiger partial charge in [-0.05, 0) is 47.0 Å². The Bertz CT molecular complexity index is 1420. The Morgan fingerprint density at radius 2 is 1.58 bits per heavy atom. The summed E-state index contributed by atoms with van der Waals surface area (Å²) in [5.74, 6) is 2.50. The molecule has 1 aromatic heterocycles. The summed E-state index contributed by atoms with van der Waals surface area (Å²) in [5, 5.41) is 0.465. The van der Waals surface area contributed by atoms with Crippen LogP contribution in [0.5, 0.6) is 17.2 Å². The lowest BCUT2D eigenvalue weighted by Crippen LogP contribution is -2.18. The second-order valence-corrected chi connectivity index (χ2v) is 7.94. The van der Waals surface area contributed by atoms with Crippen molar-refractivity contribution in [2.75, 3.05) is 21.3 Å². The molecule has 0 bridgehead atoms. The zero-order chi connectivity index (χ0) is 22.9. The lowest BCUT2D eigenvalue weighted by Gasteiger charge is -2.27. The Kier molecular flexibility index (Phi) is 5.38. The van der Waals surface area contributed by atoms with Gasteiger partial charge in [-0.1, -0.05) is 42.5 Å². The average molecular weight is 440 g/mol. The summed E-state index contributed by atoms with van der Waals surface area (Å²) in [6, 6.07) is 21.5. The summed E-state index contributed by atoms with van der Waals surface area (Å²) in [6.45, 7) is 0. The summed E-state index contributed by atoms with van der Waals surface area (Å²) in [4.78, 5) is 13.5. The molecule has 5 heteroatoms. The van der Waals surface area contributed by atoms with Crippen LogP contribution in [0.3, 0.4) is 0 Å². The van der Waals surface area contributed by atoms with E-state index in [1.54, 1.807) is 33.5 Å². The van der Waals surface area contributed by atoms with Gasteiger partial charge < -0.3 is 18.6 Å². The van der Waals surface area contributed by atoms with E-state index in [4.69, 9.17) is 18.6 Å². The number of methoxy groups -OCH3 is 3. The van der Waals surface area contributed by atoms with Crippen molar-refractivity contribution in [2.45, 2.75) is 12.3 Å². The lowest BCUT2D eigenvalue weighted by molar-refractivity contribution is 0.354. The first kappa shape index (κ1) is 20.9. The molecule has 1 atom stereocenters. The Morgan fingerprint density at radius 3 is 2.30 bits per heavy atom. The molecular weight excluding hydrogens is 416 g/mol. The van der Waals surface area contributed by atoms with Crippen LogP contribution in [0.1, 0.15) is 28.4 Å². The smallest absolute Gasteiger partial charge is 0.203 e. The van der Waals surface area contributed by atoms with E-state index in [2.05, 4.69) is 12.1 Å².